The second-order valence-electron chi connectivity index (χ2n) is 7.07. The van der Waals surface area contributed by atoms with Crippen LogP contribution in [0.1, 0.15) is 26.2 Å². The van der Waals surface area contributed by atoms with Crippen molar-refractivity contribution in [3.63, 3.8) is 0 Å². The highest BCUT2D eigenvalue weighted by Crippen LogP contribution is 2.19. The first kappa shape index (κ1) is 22.4. The average molecular weight is 467 g/mol. The van der Waals surface area contributed by atoms with Crippen LogP contribution in [0.5, 0.6) is 0 Å². The van der Waals surface area contributed by atoms with Crippen molar-refractivity contribution in [3.05, 3.63) is 0 Å². The number of primary amides is 1. The lowest BCUT2D eigenvalue weighted by atomic mass is 9.95. The number of piperidine rings is 1. The lowest BCUT2D eigenvalue weighted by Gasteiger charge is -2.35. The van der Waals surface area contributed by atoms with Gasteiger partial charge in [0.05, 0.1) is 13.2 Å². The Morgan fingerprint density at radius 1 is 1.36 bits per heavy atom. The molecule has 0 saturated carbocycles. The van der Waals surface area contributed by atoms with Gasteiger partial charge in [0.25, 0.3) is 0 Å². The number of hydrogen-bond acceptors (Lipinski definition) is 4. The van der Waals surface area contributed by atoms with E-state index in [4.69, 9.17) is 10.5 Å². The van der Waals surface area contributed by atoms with E-state index < -0.39 is 0 Å². The molecule has 1 amide bonds. The van der Waals surface area contributed by atoms with E-state index in [0.717, 1.165) is 71.3 Å². The summed E-state index contributed by atoms with van der Waals surface area (Å²) in [6.07, 6.45) is 2.63. The number of nitrogens with zero attached hydrogens (tertiary/aromatic N) is 3. The molecule has 0 aliphatic carbocycles. The van der Waals surface area contributed by atoms with Crippen LogP contribution in [0.3, 0.4) is 0 Å². The fraction of sp³-hybridized carbons (Fsp3) is 0.882. The molecule has 8 heteroatoms. The third kappa shape index (κ3) is 8.08. The Morgan fingerprint density at radius 2 is 2.08 bits per heavy atom. The monoisotopic (exact) mass is 467 g/mol. The Bertz CT molecular complexity index is 429. The van der Waals surface area contributed by atoms with Crippen LogP contribution in [0.2, 0.25) is 0 Å². The minimum absolute atomic E-state index is 0. The summed E-state index contributed by atoms with van der Waals surface area (Å²) in [6, 6.07) is 0. The van der Waals surface area contributed by atoms with Crippen molar-refractivity contribution in [2.24, 2.45) is 22.6 Å². The van der Waals surface area contributed by atoms with Crippen LogP contribution in [-0.2, 0) is 9.53 Å². The molecule has 7 nitrogen and oxygen atoms in total. The van der Waals surface area contributed by atoms with Crippen molar-refractivity contribution >= 4 is 35.8 Å². The molecule has 2 heterocycles. The Hall–Kier alpha value is -0.610. The van der Waals surface area contributed by atoms with Crippen LogP contribution >= 0.6 is 24.0 Å². The van der Waals surface area contributed by atoms with Gasteiger partial charge in [-0.15, -0.1) is 24.0 Å². The van der Waals surface area contributed by atoms with E-state index >= 15 is 0 Å². The number of morpholine rings is 1. The van der Waals surface area contributed by atoms with Gasteiger partial charge >= 0.3 is 0 Å². The molecule has 25 heavy (non-hydrogen) atoms. The van der Waals surface area contributed by atoms with Gasteiger partial charge in [0.15, 0.2) is 5.96 Å². The van der Waals surface area contributed by atoms with E-state index in [1.807, 2.05) is 7.05 Å². The van der Waals surface area contributed by atoms with E-state index in [1.165, 1.54) is 0 Å². The summed E-state index contributed by atoms with van der Waals surface area (Å²) in [5.74, 6) is 1.63. The number of nitrogens with two attached hydrogens (primary N) is 1. The Kier molecular flexibility index (Phi) is 10.7. The normalized spacial score (nSPS) is 23.7. The van der Waals surface area contributed by atoms with Crippen LogP contribution in [0.25, 0.3) is 0 Å². The number of nitrogens with one attached hydrogen (secondary N) is 1. The van der Waals surface area contributed by atoms with Crippen LogP contribution in [0.15, 0.2) is 4.99 Å². The zero-order valence-corrected chi connectivity index (χ0v) is 17.9. The lowest BCUT2D eigenvalue weighted by molar-refractivity contribution is -0.119. The zero-order valence-electron chi connectivity index (χ0n) is 15.6. The van der Waals surface area contributed by atoms with Gasteiger partial charge in [-0.2, -0.15) is 0 Å². The minimum atomic E-state index is -0.205. The second-order valence-corrected chi connectivity index (χ2v) is 7.07. The summed E-state index contributed by atoms with van der Waals surface area (Å²) >= 11 is 0. The van der Waals surface area contributed by atoms with Gasteiger partial charge in [-0.25, -0.2) is 0 Å². The smallest absolute Gasteiger partial charge is 0.217 e. The molecular formula is C17H34IN5O2. The number of likely N-dealkylation sites (tertiary alicyclic amines) is 1. The molecule has 0 aromatic heterocycles. The highest BCUT2D eigenvalue weighted by Gasteiger charge is 2.24. The topological polar surface area (TPSA) is 83.2 Å². The number of carbonyl (C=O) groups excluding carboxylic acids is 1. The Balaban J connectivity index is 0.00000312. The van der Waals surface area contributed by atoms with Gasteiger partial charge in [-0.3, -0.25) is 14.7 Å². The van der Waals surface area contributed by atoms with Crippen molar-refractivity contribution in [3.8, 4) is 0 Å². The molecule has 2 saturated heterocycles. The van der Waals surface area contributed by atoms with Crippen LogP contribution in [0, 0.1) is 11.8 Å². The van der Waals surface area contributed by atoms with Crippen molar-refractivity contribution in [2.75, 3.05) is 59.5 Å². The summed E-state index contributed by atoms with van der Waals surface area (Å²) in [7, 11) is 1.83. The highest BCUT2D eigenvalue weighted by atomic mass is 127. The molecule has 0 aromatic carbocycles. The number of ether oxygens (including phenoxy) is 1. The number of hydrogen-bond donors (Lipinski definition) is 2. The van der Waals surface area contributed by atoms with Crippen LogP contribution in [0.4, 0.5) is 0 Å². The van der Waals surface area contributed by atoms with E-state index in [-0.39, 0.29) is 29.9 Å². The minimum Gasteiger partial charge on any atom is -0.379 e. The first-order chi connectivity index (χ1) is 11.6. The molecule has 2 rings (SSSR count). The van der Waals surface area contributed by atoms with Gasteiger partial charge in [-0.1, -0.05) is 6.92 Å². The van der Waals surface area contributed by atoms with E-state index in [2.05, 4.69) is 27.0 Å². The number of carbonyl (C=O) groups is 1. The maximum absolute atomic E-state index is 11.2. The quantitative estimate of drug-likeness (QED) is 0.342. The van der Waals surface area contributed by atoms with E-state index in [0.29, 0.717) is 18.3 Å². The average Bonchev–Trinajstić information content (AvgIpc) is 2.56. The first-order valence-corrected chi connectivity index (χ1v) is 9.12. The molecule has 146 valence electrons. The number of rotatable bonds is 6. The van der Waals surface area contributed by atoms with Crippen molar-refractivity contribution in [2.45, 2.75) is 26.2 Å². The summed E-state index contributed by atoms with van der Waals surface area (Å²) in [5.41, 5.74) is 5.35. The Morgan fingerprint density at radius 3 is 2.72 bits per heavy atom. The van der Waals surface area contributed by atoms with Crippen molar-refractivity contribution < 1.29 is 9.53 Å². The van der Waals surface area contributed by atoms with Gasteiger partial charge in [-0.05, 0) is 24.7 Å². The first-order valence-electron chi connectivity index (χ1n) is 9.12. The predicted molar refractivity (Wildman–Crippen MR) is 111 cm³/mol. The molecule has 0 bridgehead atoms. The number of halogens is 1. The summed E-state index contributed by atoms with van der Waals surface area (Å²) in [5, 5.41) is 3.50. The number of aliphatic imine (C=N–C) groups is 1. The molecular weight excluding hydrogens is 433 g/mol. The third-order valence-corrected chi connectivity index (χ3v) is 4.80. The van der Waals surface area contributed by atoms with E-state index in [1.54, 1.807) is 0 Å². The number of amides is 1. The molecule has 2 aliphatic heterocycles. The summed E-state index contributed by atoms with van der Waals surface area (Å²) in [4.78, 5) is 20.3. The molecule has 2 atom stereocenters. The summed E-state index contributed by atoms with van der Waals surface area (Å²) in [6.45, 7) is 9.85. The maximum atomic E-state index is 11.2. The fourth-order valence-electron chi connectivity index (χ4n) is 3.60. The van der Waals surface area contributed by atoms with Gasteiger partial charge in [0, 0.05) is 52.7 Å². The van der Waals surface area contributed by atoms with Gasteiger partial charge in [0.2, 0.25) is 5.91 Å². The molecule has 0 radical (unpaired) electrons. The highest BCUT2D eigenvalue weighted by molar-refractivity contribution is 14.0. The van der Waals surface area contributed by atoms with Crippen LogP contribution < -0.4 is 11.1 Å². The molecule has 0 spiro atoms. The maximum Gasteiger partial charge on any atom is 0.217 e. The largest absolute Gasteiger partial charge is 0.379 e. The van der Waals surface area contributed by atoms with Crippen molar-refractivity contribution in [1.82, 2.24) is 15.1 Å². The van der Waals surface area contributed by atoms with Crippen LogP contribution in [-0.4, -0.2) is 81.2 Å². The Labute approximate surface area is 168 Å². The standard InChI is InChI=1S/C17H33N5O2.HI/c1-14(12-21-6-8-24-9-7-21)11-20-17(19-2)22-5-3-4-15(13-22)10-16(18)23;/h14-15H,3-13H2,1-2H3,(H2,18,23)(H,19,20);1H. The van der Waals surface area contributed by atoms with Crippen molar-refractivity contribution in [1.29, 1.82) is 0 Å². The SMILES string of the molecule is CN=C(NCC(C)CN1CCOCC1)N1CCCC(CC(N)=O)C1.I. The molecule has 3 N–H and O–H groups in total. The molecule has 2 fully saturated rings. The molecule has 2 aliphatic rings. The predicted octanol–water partition coefficient (Wildman–Crippen LogP) is 0.736. The second kappa shape index (κ2) is 11.9. The fourth-order valence-corrected chi connectivity index (χ4v) is 3.60. The zero-order chi connectivity index (χ0) is 17.4. The van der Waals surface area contributed by atoms with E-state index in [9.17, 15) is 4.79 Å². The molecule has 2 unspecified atom stereocenters. The number of guanidine groups is 1. The van der Waals surface area contributed by atoms with Gasteiger partial charge < -0.3 is 20.7 Å². The summed E-state index contributed by atoms with van der Waals surface area (Å²) < 4.78 is 5.40. The third-order valence-electron chi connectivity index (χ3n) is 4.80. The lowest BCUT2D eigenvalue weighted by Crippen LogP contribution is -2.49. The molecule has 0 aromatic rings. The van der Waals surface area contributed by atoms with Gasteiger partial charge in [0.1, 0.15) is 0 Å².